The number of ether oxygens (including phenoxy) is 2. The van der Waals surface area contributed by atoms with Gasteiger partial charge in [0, 0.05) is 19.2 Å². The zero-order valence-corrected chi connectivity index (χ0v) is 15.8. The predicted octanol–water partition coefficient (Wildman–Crippen LogP) is 3.89. The van der Waals surface area contributed by atoms with E-state index in [1.165, 1.54) is 19.3 Å². The van der Waals surface area contributed by atoms with Gasteiger partial charge in [0.05, 0.1) is 22.7 Å². The number of amides is 1. The Morgan fingerprint density at radius 2 is 2.04 bits per heavy atom. The van der Waals surface area contributed by atoms with Crippen LogP contribution in [0.3, 0.4) is 0 Å². The zero-order valence-electron chi connectivity index (χ0n) is 14.2. The lowest BCUT2D eigenvalue weighted by Gasteiger charge is -2.31. The van der Waals surface area contributed by atoms with Gasteiger partial charge in [0.1, 0.15) is 0 Å². The lowest BCUT2D eigenvalue weighted by atomic mass is 9.94. The summed E-state index contributed by atoms with van der Waals surface area (Å²) in [6.45, 7) is 2.27. The van der Waals surface area contributed by atoms with E-state index in [9.17, 15) is 4.79 Å². The molecule has 0 aromatic heterocycles. The first-order valence-electron chi connectivity index (χ1n) is 8.31. The smallest absolute Gasteiger partial charge is 0.260 e. The van der Waals surface area contributed by atoms with Crippen molar-refractivity contribution in [2.24, 2.45) is 0 Å². The summed E-state index contributed by atoms with van der Waals surface area (Å²) in [5, 5.41) is 9.05. The molecule has 1 saturated carbocycles. The van der Waals surface area contributed by atoms with Gasteiger partial charge in [-0.25, -0.2) is 0 Å². The van der Waals surface area contributed by atoms with Gasteiger partial charge in [-0.15, -0.1) is 0 Å². The molecule has 0 saturated heterocycles. The molecule has 2 rings (SSSR count). The molecule has 0 radical (unpaired) electrons. The fourth-order valence-corrected chi connectivity index (χ4v) is 3.50. The Balaban J connectivity index is 2.05. The van der Waals surface area contributed by atoms with Crippen molar-refractivity contribution in [3.05, 3.63) is 22.2 Å². The third-order valence-electron chi connectivity index (χ3n) is 4.29. The largest absolute Gasteiger partial charge is 0.490 e. The van der Waals surface area contributed by atoms with E-state index < -0.39 is 0 Å². The summed E-state index contributed by atoms with van der Waals surface area (Å²) in [6, 6.07) is 5.67. The van der Waals surface area contributed by atoms with Crippen LogP contribution in [-0.4, -0.2) is 37.1 Å². The lowest BCUT2D eigenvalue weighted by molar-refractivity contribution is -0.134. The molecule has 0 N–H and O–H groups in total. The van der Waals surface area contributed by atoms with E-state index in [1.807, 2.05) is 14.0 Å². The number of hydrogen-bond donors (Lipinski definition) is 0. The molecule has 130 valence electrons. The van der Waals surface area contributed by atoms with Crippen molar-refractivity contribution in [1.29, 1.82) is 5.26 Å². The molecule has 6 heteroatoms. The number of rotatable bonds is 6. The van der Waals surface area contributed by atoms with Gasteiger partial charge in [-0.2, -0.15) is 5.26 Å². The molecule has 1 aliphatic rings. The van der Waals surface area contributed by atoms with Crippen LogP contribution in [0.5, 0.6) is 11.5 Å². The Morgan fingerprint density at radius 1 is 1.33 bits per heavy atom. The summed E-state index contributed by atoms with van der Waals surface area (Å²) in [5.41, 5.74) is 0.475. The SMILES string of the molecule is CCOc1cc(C#N)cc(Br)c1OCC(=O)N(C)C1CCCCC1. The van der Waals surface area contributed by atoms with Crippen molar-refractivity contribution in [1.82, 2.24) is 4.90 Å². The normalized spacial score (nSPS) is 14.8. The summed E-state index contributed by atoms with van der Waals surface area (Å²) in [6.07, 6.45) is 5.74. The van der Waals surface area contributed by atoms with Crippen LogP contribution in [0, 0.1) is 11.3 Å². The first kappa shape index (κ1) is 18.6. The molecule has 1 aliphatic carbocycles. The highest BCUT2D eigenvalue weighted by molar-refractivity contribution is 9.10. The Hall–Kier alpha value is -1.74. The number of halogens is 1. The quantitative estimate of drug-likeness (QED) is 0.733. The van der Waals surface area contributed by atoms with E-state index in [0.29, 0.717) is 34.2 Å². The van der Waals surface area contributed by atoms with E-state index in [-0.39, 0.29) is 12.5 Å². The van der Waals surface area contributed by atoms with Crippen LogP contribution < -0.4 is 9.47 Å². The second kappa shape index (κ2) is 8.93. The number of carbonyl (C=O) groups excluding carboxylic acids is 1. The van der Waals surface area contributed by atoms with Gasteiger partial charge in [0.15, 0.2) is 18.1 Å². The minimum absolute atomic E-state index is 0.0411. The van der Waals surface area contributed by atoms with Crippen molar-refractivity contribution in [3.8, 4) is 17.6 Å². The van der Waals surface area contributed by atoms with Crippen molar-refractivity contribution in [2.75, 3.05) is 20.3 Å². The summed E-state index contributed by atoms with van der Waals surface area (Å²) in [5.74, 6) is 0.887. The Bertz CT molecular complexity index is 621. The minimum atomic E-state index is -0.0441. The molecule has 24 heavy (non-hydrogen) atoms. The summed E-state index contributed by atoms with van der Waals surface area (Å²) in [4.78, 5) is 14.2. The van der Waals surface area contributed by atoms with Crippen LogP contribution in [0.25, 0.3) is 0 Å². The van der Waals surface area contributed by atoms with Crippen LogP contribution in [0.1, 0.15) is 44.6 Å². The summed E-state index contributed by atoms with van der Waals surface area (Å²) in [7, 11) is 1.85. The highest BCUT2D eigenvalue weighted by atomic mass is 79.9. The lowest BCUT2D eigenvalue weighted by Crippen LogP contribution is -2.40. The molecular weight excluding hydrogens is 372 g/mol. The molecule has 0 unspecified atom stereocenters. The highest BCUT2D eigenvalue weighted by Gasteiger charge is 2.23. The zero-order chi connectivity index (χ0) is 17.5. The van der Waals surface area contributed by atoms with Crippen LogP contribution in [0.4, 0.5) is 0 Å². The fraction of sp³-hybridized carbons (Fsp3) is 0.556. The second-order valence-corrected chi connectivity index (χ2v) is 6.77. The van der Waals surface area contributed by atoms with E-state index in [2.05, 4.69) is 22.0 Å². The van der Waals surface area contributed by atoms with Gasteiger partial charge < -0.3 is 14.4 Å². The average Bonchev–Trinajstić information content (AvgIpc) is 2.60. The van der Waals surface area contributed by atoms with Gasteiger partial charge in [-0.1, -0.05) is 19.3 Å². The average molecular weight is 395 g/mol. The van der Waals surface area contributed by atoms with Crippen molar-refractivity contribution in [3.63, 3.8) is 0 Å². The molecule has 1 fully saturated rings. The molecular formula is C18H23BrN2O3. The molecule has 1 amide bonds. The standard InChI is InChI=1S/C18H23BrN2O3/c1-3-23-16-10-13(11-20)9-15(19)18(16)24-12-17(22)21(2)14-7-5-4-6-8-14/h9-10,14H,3-8,12H2,1-2H3. The summed E-state index contributed by atoms with van der Waals surface area (Å²) >= 11 is 3.39. The molecule has 1 aromatic carbocycles. The van der Waals surface area contributed by atoms with Crippen molar-refractivity contribution >= 4 is 21.8 Å². The van der Waals surface area contributed by atoms with Gasteiger partial charge in [-0.3, -0.25) is 4.79 Å². The van der Waals surface area contributed by atoms with Gasteiger partial charge in [-0.05, 0) is 41.8 Å². The highest BCUT2D eigenvalue weighted by Crippen LogP contribution is 2.36. The van der Waals surface area contributed by atoms with Gasteiger partial charge in [0.2, 0.25) is 0 Å². The van der Waals surface area contributed by atoms with Crippen LogP contribution in [0.15, 0.2) is 16.6 Å². The Morgan fingerprint density at radius 3 is 2.67 bits per heavy atom. The first-order valence-corrected chi connectivity index (χ1v) is 9.11. The molecule has 0 bridgehead atoms. The Kier molecular flexibility index (Phi) is 6.92. The number of benzene rings is 1. The third-order valence-corrected chi connectivity index (χ3v) is 4.88. The monoisotopic (exact) mass is 394 g/mol. The number of likely N-dealkylation sites (N-methyl/N-ethyl adjacent to an activating group) is 1. The molecule has 1 aromatic rings. The maximum absolute atomic E-state index is 12.4. The van der Waals surface area contributed by atoms with Crippen molar-refractivity contribution in [2.45, 2.75) is 45.1 Å². The maximum atomic E-state index is 12.4. The molecule has 0 spiro atoms. The number of carbonyl (C=O) groups is 1. The van der Waals surface area contributed by atoms with Gasteiger partial charge >= 0.3 is 0 Å². The molecule has 5 nitrogen and oxygen atoms in total. The fourth-order valence-electron chi connectivity index (χ4n) is 2.94. The third kappa shape index (κ3) is 4.64. The van der Waals surface area contributed by atoms with E-state index >= 15 is 0 Å². The second-order valence-electron chi connectivity index (χ2n) is 5.92. The van der Waals surface area contributed by atoms with Crippen LogP contribution >= 0.6 is 15.9 Å². The van der Waals surface area contributed by atoms with Crippen molar-refractivity contribution < 1.29 is 14.3 Å². The number of nitriles is 1. The van der Waals surface area contributed by atoms with Gasteiger partial charge in [0.25, 0.3) is 5.91 Å². The Labute approximate surface area is 151 Å². The summed E-state index contributed by atoms with van der Waals surface area (Å²) < 4.78 is 11.9. The topological polar surface area (TPSA) is 62.6 Å². The van der Waals surface area contributed by atoms with E-state index in [1.54, 1.807) is 17.0 Å². The minimum Gasteiger partial charge on any atom is -0.490 e. The predicted molar refractivity (Wildman–Crippen MR) is 95.2 cm³/mol. The number of nitrogens with zero attached hydrogens (tertiary/aromatic N) is 2. The molecule has 0 atom stereocenters. The van der Waals surface area contributed by atoms with Crippen LogP contribution in [0.2, 0.25) is 0 Å². The van der Waals surface area contributed by atoms with E-state index in [4.69, 9.17) is 14.7 Å². The van der Waals surface area contributed by atoms with E-state index in [0.717, 1.165) is 12.8 Å². The molecule has 0 aliphatic heterocycles. The number of hydrogen-bond acceptors (Lipinski definition) is 4. The van der Waals surface area contributed by atoms with Crippen LogP contribution in [-0.2, 0) is 4.79 Å². The maximum Gasteiger partial charge on any atom is 0.260 e. The first-order chi connectivity index (χ1) is 11.6. The molecule has 0 heterocycles.